The minimum absolute atomic E-state index is 0.592. The molecule has 4 fully saturated rings. The standard InChI is InChI=1S/C21H36B2/c1-18-8-3-12-20(22-18,13-4-9-18)16-7-17-21-14-5-10-19(2,23-21)11-6-15-21/h3-17H2,1-2H3. The molecule has 4 rings (SSSR count). The highest BCUT2D eigenvalue weighted by molar-refractivity contribution is 6.45. The van der Waals surface area contributed by atoms with Crippen molar-refractivity contribution in [3.63, 3.8) is 0 Å². The van der Waals surface area contributed by atoms with E-state index in [1.165, 1.54) is 96.3 Å². The molecule has 0 aliphatic carbocycles. The van der Waals surface area contributed by atoms with Crippen molar-refractivity contribution in [1.29, 1.82) is 0 Å². The average Bonchev–Trinajstić information content (AvgIpc) is 2.45. The van der Waals surface area contributed by atoms with Crippen LogP contribution in [0.2, 0.25) is 21.3 Å². The summed E-state index contributed by atoms with van der Waals surface area (Å²) in [6.07, 6.45) is 22.3. The predicted molar refractivity (Wildman–Crippen MR) is 103 cm³/mol. The molecule has 0 aromatic carbocycles. The molecular weight excluding hydrogens is 274 g/mol. The van der Waals surface area contributed by atoms with Gasteiger partial charge in [0.05, 0.1) is 0 Å². The summed E-state index contributed by atoms with van der Waals surface area (Å²) in [4.78, 5) is 0. The number of fused-ring (bicyclic) bond motifs is 4. The minimum atomic E-state index is 0.592. The smallest absolute Gasteiger partial charge is 0.0669 e. The zero-order chi connectivity index (χ0) is 16.0. The first-order valence-electron chi connectivity index (χ1n) is 10.7. The van der Waals surface area contributed by atoms with Crippen LogP contribution < -0.4 is 0 Å². The monoisotopic (exact) mass is 310 g/mol. The summed E-state index contributed by atoms with van der Waals surface area (Å²) in [7, 11) is 5.69. The normalized spacial score (nSPS) is 49.1. The van der Waals surface area contributed by atoms with Crippen LogP contribution in [0.3, 0.4) is 0 Å². The first-order valence-corrected chi connectivity index (χ1v) is 10.7. The van der Waals surface area contributed by atoms with E-state index in [2.05, 4.69) is 28.4 Å². The van der Waals surface area contributed by atoms with Crippen molar-refractivity contribution in [2.24, 2.45) is 0 Å². The number of hydrogen-bond donors (Lipinski definition) is 0. The number of rotatable bonds is 4. The Morgan fingerprint density at radius 1 is 0.565 bits per heavy atom. The van der Waals surface area contributed by atoms with Crippen LogP contribution in [0.25, 0.3) is 0 Å². The highest BCUT2D eigenvalue weighted by Gasteiger charge is 2.48. The van der Waals surface area contributed by atoms with Gasteiger partial charge in [-0.2, -0.15) is 0 Å². The fourth-order valence-electron chi connectivity index (χ4n) is 7.37. The fourth-order valence-corrected chi connectivity index (χ4v) is 7.37. The van der Waals surface area contributed by atoms with Gasteiger partial charge in [0.2, 0.25) is 0 Å². The predicted octanol–water partition coefficient (Wildman–Crippen LogP) is 6.98. The van der Waals surface area contributed by atoms with E-state index in [1.54, 1.807) is 0 Å². The molecule has 0 aromatic rings. The first kappa shape index (κ1) is 16.6. The molecule has 4 aliphatic rings. The molecule has 4 heterocycles. The molecule has 0 N–H and O–H groups in total. The second-order valence-corrected chi connectivity index (χ2v) is 10.6. The highest BCUT2D eigenvalue weighted by Crippen LogP contribution is 2.63. The third-order valence-corrected chi connectivity index (χ3v) is 8.35. The molecule has 23 heavy (non-hydrogen) atoms. The average molecular weight is 310 g/mol. The van der Waals surface area contributed by atoms with Gasteiger partial charge in [0.15, 0.2) is 0 Å². The lowest BCUT2D eigenvalue weighted by Crippen LogP contribution is -2.40. The summed E-state index contributed by atoms with van der Waals surface area (Å²) in [5.74, 6) is 0. The molecule has 4 saturated heterocycles. The summed E-state index contributed by atoms with van der Waals surface area (Å²) in [6, 6.07) is 0. The van der Waals surface area contributed by atoms with Crippen LogP contribution >= 0.6 is 0 Å². The van der Waals surface area contributed by atoms with Crippen molar-refractivity contribution in [1.82, 2.24) is 0 Å². The lowest BCUT2D eigenvalue weighted by molar-refractivity contribution is 0.253. The van der Waals surface area contributed by atoms with E-state index in [-0.39, 0.29) is 0 Å². The van der Waals surface area contributed by atoms with E-state index >= 15 is 0 Å². The van der Waals surface area contributed by atoms with Crippen molar-refractivity contribution in [2.45, 2.75) is 131 Å². The zero-order valence-electron chi connectivity index (χ0n) is 15.8. The van der Waals surface area contributed by atoms with E-state index in [9.17, 15) is 0 Å². The van der Waals surface area contributed by atoms with Gasteiger partial charge in [0.25, 0.3) is 0 Å². The Bertz CT molecular complexity index is 381. The summed E-state index contributed by atoms with van der Waals surface area (Å²) in [5.41, 5.74) is 0. The van der Waals surface area contributed by atoms with Crippen molar-refractivity contribution in [2.75, 3.05) is 0 Å². The maximum Gasteiger partial charge on any atom is 0.125 e. The van der Waals surface area contributed by atoms with E-state index in [1.807, 2.05) is 0 Å². The Labute approximate surface area is 146 Å². The van der Waals surface area contributed by atoms with Crippen molar-refractivity contribution < 1.29 is 0 Å². The van der Waals surface area contributed by atoms with E-state index in [4.69, 9.17) is 0 Å². The third kappa shape index (κ3) is 3.30. The van der Waals surface area contributed by atoms with Gasteiger partial charge in [-0.1, -0.05) is 131 Å². The lowest BCUT2D eigenvalue weighted by Gasteiger charge is -2.52. The summed E-state index contributed by atoms with van der Waals surface area (Å²) in [6.45, 7) is 5.08. The van der Waals surface area contributed by atoms with Gasteiger partial charge in [-0.25, -0.2) is 0 Å². The highest BCUT2D eigenvalue weighted by atomic mass is 14.4. The van der Waals surface area contributed by atoms with Crippen LogP contribution in [0.5, 0.6) is 0 Å². The Morgan fingerprint density at radius 2 is 0.913 bits per heavy atom. The zero-order valence-corrected chi connectivity index (χ0v) is 15.8. The van der Waals surface area contributed by atoms with E-state index in [0.29, 0.717) is 21.3 Å². The van der Waals surface area contributed by atoms with Gasteiger partial charge < -0.3 is 0 Å². The molecule has 0 amide bonds. The Morgan fingerprint density at radius 3 is 1.26 bits per heavy atom. The second-order valence-electron chi connectivity index (χ2n) is 10.6. The molecule has 0 saturated carbocycles. The van der Waals surface area contributed by atoms with Crippen LogP contribution in [0, 0.1) is 0 Å². The molecule has 0 aromatic heterocycles. The molecule has 2 radical (unpaired) electrons. The minimum Gasteiger partial charge on any atom is -0.0669 e. The van der Waals surface area contributed by atoms with E-state index in [0.717, 1.165) is 0 Å². The van der Waals surface area contributed by atoms with Crippen molar-refractivity contribution in [3.8, 4) is 0 Å². The Kier molecular flexibility index (Phi) is 4.21. The molecule has 126 valence electrons. The lowest BCUT2D eigenvalue weighted by atomic mass is 9.28. The van der Waals surface area contributed by atoms with E-state index < -0.39 is 0 Å². The van der Waals surface area contributed by atoms with Gasteiger partial charge in [-0.05, 0) is 0 Å². The van der Waals surface area contributed by atoms with Gasteiger partial charge in [-0.15, -0.1) is 0 Å². The molecule has 2 heteroatoms. The number of hydrogen-bond acceptors (Lipinski definition) is 0. The molecular formula is C21H36B2. The maximum atomic E-state index is 2.85. The van der Waals surface area contributed by atoms with Crippen LogP contribution in [-0.2, 0) is 0 Å². The van der Waals surface area contributed by atoms with Crippen molar-refractivity contribution >= 4 is 14.6 Å². The summed E-state index contributed by atoms with van der Waals surface area (Å²) >= 11 is 0. The van der Waals surface area contributed by atoms with Crippen molar-refractivity contribution in [3.05, 3.63) is 0 Å². The van der Waals surface area contributed by atoms with Gasteiger partial charge in [0.1, 0.15) is 14.6 Å². The molecule has 4 bridgehead atoms. The van der Waals surface area contributed by atoms with Gasteiger partial charge in [0, 0.05) is 0 Å². The van der Waals surface area contributed by atoms with Crippen LogP contribution in [0.1, 0.15) is 110 Å². The molecule has 0 spiro atoms. The van der Waals surface area contributed by atoms with Crippen LogP contribution in [-0.4, -0.2) is 14.6 Å². The molecule has 0 nitrogen and oxygen atoms in total. The third-order valence-electron chi connectivity index (χ3n) is 8.35. The molecule has 0 atom stereocenters. The Balaban J connectivity index is 1.36. The Hall–Kier alpha value is 0.130. The molecule has 0 unspecified atom stereocenters. The van der Waals surface area contributed by atoms with Gasteiger partial charge >= 0.3 is 0 Å². The van der Waals surface area contributed by atoms with Gasteiger partial charge in [-0.3, -0.25) is 0 Å². The molecule has 4 aliphatic heterocycles. The largest absolute Gasteiger partial charge is 0.125 e. The fraction of sp³-hybridized carbons (Fsp3) is 1.00. The summed E-state index contributed by atoms with van der Waals surface area (Å²) < 4.78 is 0. The second kappa shape index (κ2) is 5.84. The van der Waals surface area contributed by atoms with Crippen LogP contribution in [0.15, 0.2) is 0 Å². The maximum absolute atomic E-state index is 2.85. The van der Waals surface area contributed by atoms with Crippen LogP contribution in [0.4, 0.5) is 0 Å². The summed E-state index contributed by atoms with van der Waals surface area (Å²) in [5, 5.41) is 2.45. The SMILES string of the molecule is CC12[B]C(CCCC34[B]C(C)(CCC3)CCC4)(CCC1)CCC2. The quantitative estimate of drug-likeness (QED) is 0.491. The first-order chi connectivity index (χ1) is 10.9. The topological polar surface area (TPSA) is 0 Å².